The second kappa shape index (κ2) is 8.09. The number of ketones is 1. The van der Waals surface area contributed by atoms with Crippen molar-refractivity contribution in [2.24, 2.45) is 29.6 Å². The van der Waals surface area contributed by atoms with E-state index in [1.165, 1.54) is 38.3 Å². The lowest BCUT2D eigenvalue weighted by atomic mass is 9.51. The van der Waals surface area contributed by atoms with Gasteiger partial charge in [0.25, 0.3) is 0 Å². The number of halogens is 3. The van der Waals surface area contributed by atoms with Crippen LogP contribution in [0, 0.1) is 29.6 Å². The molecule has 3 aromatic rings. The summed E-state index contributed by atoms with van der Waals surface area (Å²) in [5.74, 6) is 3.34. The minimum absolute atomic E-state index is 0.0682. The molecule has 188 valence electrons. The molecule has 2 heterocycles. The molecule has 36 heavy (non-hydrogen) atoms. The number of nitrogens with zero attached hydrogens (tertiary/aromatic N) is 2. The lowest BCUT2D eigenvalue weighted by Crippen LogP contribution is -2.45. The third-order valence-electron chi connectivity index (χ3n) is 9.56. The molecule has 8 rings (SSSR count). The van der Waals surface area contributed by atoms with Crippen molar-refractivity contribution in [3.63, 3.8) is 0 Å². The predicted molar refractivity (Wildman–Crippen MR) is 132 cm³/mol. The molecule has 2 unspecified atom stereocenters. The molecule has 7 heteroatoms. The van der Waals surface area contributed by atoms with Crippen LogP contribution in [0.1, 0.15) is 73.0 Å². The quantitative estimate of drug-likeness (QED) is 0.387. The first-order valence-electron chi connectivity index (χ1n) is 13.3. The normalized spacial score (nSPS) is 32.9. The van der Waals surface area contributed by atoms with Gasteiger partial charge in [-0.3, -0.25) is 4.79 Å². The van der Waals surface area contributed by atoms with Gasteiger partial charge < -0.3 is 5.32 Å². The number of anilines is 1. The monoisotopic (exact) mass is 493 g/mol. The Balaban J connectivity index is 1.20. The van der Waals surface area contributed by atoms with Gasteiger partial charge in [-0.15, -0.1) is 0 Å². The number of rotatable bonds is 4. The summed E-state index contributed by atoms with van der Waals surface area (Å²) in [6.07, 6.45) is 3.38. The highest BCUT2D eigenvalue weighted by molar-refractivity contribution is 6.00. The lowest BCUT2D eigenvalue weighted by Gasteiger charge is -2.54. The van der Waals surface area contributed by atoms with Crippen LogP contribution in [0.25, 0.3) is 10.8 Å². The van der Waals surface area contributed by atoms with Gasteiger partial charge >= 0.3 is 6.18 Å². The second-order valence-electron chi connectivity index (χ2n) is 11.7. The number of alkyl halides is 3. The molecular formula is C29H30F3N3O. The molecule has 4 fully saturated rings. The van der Waals surface area contributed by atoms with Gasteiger partial charge in [0.1, 0.15) is 5.82 Å². The maximum absolute atomic E-state index is 14.2. The van der Waals surface area contributed by atoms with Gasteiger partial charge in [-0.2, -0.15) is 18.3 Å². The molecule has 0 spiro atoms. The first kappa shape index (κ1) is 22.4. The summed E-state index contributed by atoms with van der Waals surface area (Å²) in [6.45, 7) is 0. The van der Waals surface area contributed by atoms with E-state index < -0.39 is 18.3 Å². The summed E-state index contributed by atoms with van der Waals surface area (Å²) < 4.78 is 43.5. The lowest BCUT2D eigenvalue weighted by molar-refractivity contribution is -0.173. The Kier molecular flexibility index (Phi) is 5.03. The molecule has 0 amide bonds. The molecule has 4 aliphatic carbocycles. The summed E-state index contributed by atoms with van der Waals surface area (Å²) in [6, 6.07) is 11.3. The summed E-state index contributed by atoms with van der Waals surface area (Å²) >= 11 is 0. The molecular weight excluding hydrogens is 463 g/mol. The first-order chi connectivity index (χ1) is 17.3. The smallest absolute Gasteiger partial charge is 0.363 e. The molecule has 0 radical (unpaired) electrons. The maximum atomic E-state index is 14.2. The van der Waals surface area contributed by atoms with Crippen LogP contribution in [0.4, 0.5) is 19.0 Å². The Hall–Kier alpha value is -2.83. The van der Waals surface area contributed by atoms with E-state index in [-0.39, 0.29) is 18.0 Å². The van der Waals surface area contributed by atoms with Gasteiger partial charge in [-0.05, 0) is 84.1 Å². The number of hydrogen-bond donors (Lipinski definition) is 1. The van der Waals surface area contributed by atoms with Crippen LogP contribution >= 0.6 is 0 Å². The highest BCUT2D eigenvalue weighted by Gasteiger charge is 2.50. The van der Waals surface area contributed by atoms with Crippen LogP contribution in [0.15, 0.2) is 48.7 Å². The molecule has 1 N–H and O–H groups in total. The van der Waals surface area contributed by atoms with Gasteiger partial charge in [0.2, 0.25) is 0 Å². The first-order valence-corrected chi connectivity index (χ1v) is 13.3. The molecule has 1 aliphatic heterocycles. The molecule has 2 atom stereocenters. The number of carbonyl (C=O) groups is 1. The minimum Gasteiger partial charge on any atom is -0.363 e. The number of carbonyl (C=O) groups excluding carboxylic acids is 1. The van der Waals surface area contributed by atoms with Crippen LogP contribution < -0.4 is 5.32 Å². The standard InChI is InChI=1S/C29H30F3N3O/c30-29(31,32)27-14-25(20-6-5-18-3-1-2-4-19(18)12-20)34-28-24(15-33-35(27)28)26(36)13-23-21-8-16-7-17(10-21)11-22(23)9-16/h1-6,12,15-17,21-23,25,27,34H,7-11,13-14H2. The Morgan fingerprint density at radius 1 is 0.944 bits per heavy atom. The van der Waals surface area contributed by atoms with Gasteiger partial charge in [0.15, 0.2) is 11.8 Å². The Bertz CT molecular complexity index is 1300. The number of nitrogens with one attached hydrogen (secondary N) is 1. The average Bonchev–Trinajstić information content (AvgIpc) is 3.28. The van der Waals surface area contributed by atoms with Crippen LogP contribution in [-0.4, -0.2) is 21.7 Å². The van der Waals surface area contributed by atoms with Crippen molar-refractivity contribution in [3.05, 3.63) is 59.8 Å². The van der Waals surface area contributed by atoms with Crippen molar-refractivity contribution in [3.8, 4) is 0 Å². The zero-order valence-electron chi connectivity index (χ0n) is 20.0. The summed E-state index contributed by atoms with van der Waals surface area (Å²) in [5.41, 5.74) is 1.10. The molecule has 2 aromatic carbocycles. The Morgan fingerprint density at radius 2 is 1.64 bits per heavy atom. The average molecular weight is 494 g/mol. The van der Waals surface area contributed by atoms with Crippen molar-refractivity contribution < 1.29 is 18.0 Å². The third-order valence-corrected chi connectivity index (χ3v) is 9.56. The molecule has 0 saturated heterocycles. The van der Waals surface area contributed by atoms with Gasteiger partial charge in [0.05, 0.1) is 17.8 Å². The Morgan fingerprint density at radius 3 is 2.33 bits per heavy atom. The predicted octanol–water partition coefficient (Wildman–Crippen LogP) is 7.34. The van der Waals surface area contributed by atoms with E-state index in [1.54, 1.807) is 0 Å². The van der Waals surface area contributed by atoms with E-state index in [2.05, 4.69) is 10.4 Å². The Labute approximate surface area is 208 Å². The van der Waals surface area contributed by atoms with Crippen LogP contribution in [-0.2, 0) is 0 Å². The fourth-order valence-corrected chi connectivity index (χ4v) is 8.11. The number of benzene rings is 2. The zero-order valence-corrected chi connectivity index (χ0v) is 20.0. The van der Waals surface area contributed by atoms with Gasteiger partial charge in [0, 0.05) is 12.8 Å². The van der Waals surface area contributed by atoms with Crippen molar-refractivity contribution in [2.75, 3.05) is 5.32 Å². The number of Topliss-reactive ketones (excluding diaryl/α,β-unsaturated/α-hetero) is 1. The fraction of sp³-hybridized carbons (Fsp3) is 0.517. The van der Waals surface area contributed by atoms with Crippen molar-refractivity contribution in [2.45, 2.75) is 63.2 Å². The number of hydrogen-bond acceptors (Lipinski definition) is 3. The van der Waals surface area contributed by atoms with Crippen LogP contribution in [0.5, 0.6) is 0 Å². The molecule has 5 aliphatic rings. The molecule has 4 nitrogen and oxygen atoms in total. The van der Waals surface area contributed by atoms with Crippen molar-refractivity contribution >= 4 is 22.4 Å². The molecule has 4 saturated carbocycles. The highest BCUT2D eigenvalue weighted by Crippen LogP contribution is 2.57. The number of fused-ring (bicyclic) bond motifs is 2. The van der Waals surface area contributed by atoms with Crippen molar-refractivity contribution in [1.29, 1.82) is 0 Å². The summed E-state index contributed by atoms with van der Waals surface area (Å²) in [4.78, 5) is 13.6. The van der Waals surface area contributed by atoms with E-state index in [4.69, 9.17) is 0 Å². The molecule has 1 aromatic heterocycles. The molecule has 4 bridgehead atoms. The van der Waals surface area contributed by atoms with Crippen LogP contribution in [0.2, 0.25) is 0 Å². The van der Waals surface area contributed by atoms with E-state index >= 15 is 0 Å². The van der Waals surface area contributed by atoms with Crippen LogP contribution in [0.3, 0.4) is 0 Å². The SMILES string of the molecule is O=C(CC1C2CC3CC(C2)CC1C3)c1cnn2c1NC(c1ccc3ccccc3c1)CC2C(F)(F)F. The van der Waals surface area contributed by atoms with Gasteiger partial charge in [-0.25, -0.2) is 4.68 Å². The van der Waals surface area contributed by atoms with Crippen molar-refractivity contribution in [1.82, 2.24) is 9.78 Å². The third kappa shape index (κ3) is 3.65. The van der Waals surface area contributed by atoms with E-state index in [0.717, 1.165) is 32.9 Å². The second-order valence-corrected chi connectivity index (χ2v) is 11.7. The highest BCUT2D eigenvalue weighted by atomic mass is 19.4. The zero-order chi connectivity index (χ0) is 24.6. The topological polar surface area (TPSA) is 46.9 Å². The van der Waals surface area contributed by atoms with E-state index in [9.17, 15) is 18.0 Å². The fourth-order valence-electron chi connectivity index (χ4n) is 8.11. The largest absolute Gasteiger partial charge is 0.410 e. The summed E-state index contributed by atoms with van der Waals surface area (Å²) in [7, 11) is 0. The van der Waals surface area contributed by atoms with Gasteiger partial charge in [-0.1, -0.05) is 36.4 Å². The van der Waals surface area contributed by atoms with E-state index in [0.29, 0.717) is 29.7 Å². The maximum Gasteiger partial charge on any atom is 0.410 e. The van der Waals surface area contributed by atoms with E-state index in [1.807, 2.05) is 42.5 Å². The summed E-state index contributed by atoms with van der Waals surface area (Å²) in [5, 5.41) is 9.42. The minimum atomic E-state index is -4.46. The number of aromatic nitrogens is 2.